The molecule has 1 aromatic rings. The van der Waals surface area contributed by atoms with E-state index in [0.29, 0.717) is 11.5 Å². The molecule has 2 N–H and O–H groups in total. The fourth-order valence-electron chi connectivity index (χ4n) is 2.69. The van der Waals surface area contributed by atoms with Crippen molar-refractivity contribution in [1.82, 2.24) is 0 Å². The molecule has 0 aliphatic heterocycles. The van der Waals surface area contributed by atoms with Gasteiger partial charge in [-0.3, -0.25) is 0 Å². The van der Waals surface area contributed by atoms with Crippen LogP contribution in [0.15, 0.2) is 24.3 Å². The van der Waals surface area contributed by atoms with Crippen LogP contribution in [0.3, 0.4) is 0 Å². The Hall–Kier alpha value is -0.740. The van der Waals surface area contributed by atoms with Crippen molar-refractivity contribution in [2.24, 2.45) is 11.7 Å². The van der Waals surface area contributed by atoms with Gasteiger partial charge in [0.1, 0.15) is 0 Å². The topological polar surface area (TPSA) is 26.0 Å². The molecule has 1 nitrogen and oxygen atoms in total. The van der Waals surface area contributed by atoms with Crippen LogP contribution in [-0.4, -0.2) is 0 Å². The Morgan fingerprint density at radius 1 is 1.11 bits per heavy atom. The molecule has 0 heterocycles. The Bertz CT molecular complexity index is 400. The van der Waals surface area contributed by atoms with Gasteiger partial charge in [0, 0.05) is 6.04 Å². The second kappa shape index (κ2) is 6.62. The highest BCUT2D eigenvalue weighted by molar-refractivity contribution is 5.85. The maximum atomic E-state index is 12.6. The second-order valence-electron chi connectivity index (χ2n) is 5.05. The Kier molecular flexibility index (Phi) is 5.68. The first kappa shape index (κ1) is 16.3. The largest absolute Gasteiger partial charge is 0.416 e. The molecule has 0 saturated heterocycles. The van der Waals surface area contributed by atoms with Gasteiger partial charge < -0.3 is 5.73 Å². The maximum absolute atomic E-state index is 12.6. The molecule has 19 heavy (non-hydrogen) atoms. The third-order valence-corrected chi connectivity index (χ3v) is 3.76. The monoisotopic (exact) mass is 293 g/mol. The van der Waals surface area contributed by atoms with Crippen molar-refractivity contribution < 1.29 is 13.2 Å². The maximum Gasteiger partial charge on any atom is 0.416 e. The molecule has 1 aromatic carbocycles. The number of hydrogen-bond acceptors (Lipinski definition) is 1. The van der Waals surface area contributed by atoms with Gasteiger partial charge in [0.25, 0.3) is 0 Å². The quantitative estimate of drug-likeness (QED) is 0.840. The molecular weight excluding hydrogens is 275 g/mol. The predicted octanol–water partition coefficient (Wildman–Crippen LogP) is 4.71. The molecular formula is C14H19ClF3N. The highest BCUT2D eigenvalue weighted by atomic mass is 35.5. The zero-order valence-electron chi connectivity index (χ0n) is 10.6. The summed E-state index contributed by atoms with van der Waals surface area (Å²) < 4.78 is 37.9. The number of benzene rings is 1. The lowest BCUT2D eigenvalue weighted by Crippen LogP contribution is -2.24. The smallest absolute Gasteiger partial charge is 0.324 e. The minimum atomic E-state index is -4.29. The van der Waals surface area contributed by atoms with E-state index >= 15 is 0 Å². The van der Waals surface area contributed by atoms with E-state index in [2.05, 4.69) is 0 Å². The molecule has 108 valence electrons. The van der Waals surface area contributed by atoms with Crippen LogP contribution in [0.25, 0.3) is 0 Å². The molecule has 0 bridgehead atoms. The Morgan fingerprint density at radius 3 is 2.32 bits per heavy atom. The molecule has 0 amide bonds. The average Bonchev–Trinajstić information content (AvgIpc) is 2.38. The van der Waals surface area contributed by atoms with E-state index in [1.807, 2.05) is 0 Å². The molecule has 5 heteroatoms. The minimum Gasteiger partial charge on any atom is -0.324 e. The lowest BCUT2D eigenvalue weighted by Gasteiger charge is -2.28. The highest BCUT2D eigenvalue weighted by Crippen LogP contribution is 2.35. The number of nitrogens with two attached hydrogens (primary N) is 1. The summed E-state index contributed by atoms with van der Waals surface area (Å²) in [5, 5.41) is 0. The van der Waals surface area contributed by atoms with E-state index in [9.17, 15) is 13.2 Å². The van der Waals surface area contributed by atoms with Gasteiger partial charge in [-0.15, -0.1) is 12.4 Å². The van der Waals surface area contributed by atoms with Gasteiger partial charge in [-0.05, 0) is 36.5 Å². The predicted molar refractivity (Wildman–Crippen MR) is 72.2 cm³/mol. The third kappa shape index (κ3) is 4.11. The molecule has 2 rings (SSSR count). The SMILES string of the molecule is Cl.N[C@H](c1cccc(C(F)(F)F)c1)C1CCCCC1. The molecule has 0 radical (unpaired) electrons. The van der Waals surface area contributed by atoms with Gasteiger partial charge in [0.15, 0.2) is 0 Å². The van der Waals surface area contributed by atoms with Gasteiger partial charge in [-0.1, -0.05) is 31.4 Å². The summed E-state index contributed by atoms with van der Waals surface area (Å²) in [4.78, 5) is 0. The Balaban J connectivity index is 0.00000180. The standard InChI is InChI=1S/C14H18F3N.ClH/c15-14(16,17)12-8-4-7-11(9-12)13(18)10-5-2-1-3-6-10;/h4,7-10,13H,1-3,5-6,18H2;1H/t13-;/m0./s1. The van der Waals surface area contributed by atoms with Gasteiger partial charge in [-0.2, -0.15) is 13.2 Å². The van der Waals surface area contributed by atoms with Crippen LogP contribution in [0.2, 0.25) is 0 Å². The molecule has 1 aliphatic carbocycles. The summed E-state index contributed by atoms with van der Waals surface area (Å²) in [6, 6.07) is 5.17. The van der Waals surface area contributed by atoms with Crippen LogP contribution in [0.5, 0.6) is 0 Å². The van der Waals surface area contributed by atoms with Gasteiger partial charge in [0.2, 0.25) is 0 Å². The van der Waals surface area contributed by atoms with Gasteiger partial charge >= 0.3 is 6.18 Å². The van der Waals surface area contributed by atoms with Crippen LogP contribution in [0.4, 0.5) is 13.2 Å². The molecule has 0 aromatic heterocycles. The van der Waals surface area contributed by atoms with E-state index in [1.165, 1.54) is 18.6 Å². The van der Waals surface area contributed by atoms with Crippen LogP contribution < -0.4 is 5.73 Å². The van der Waals surface area contributed by atoms with Crippen LogP contribution in [0.1, 0.15) is 49.3 Å². The molecule has 1 saturated carbocycles. The minimum absolute atomic E-state index is 0. The van der Waals surface area contributed by atoms with Crippen molar-refractivity contribution in [1.29, 1.82) is 0 Å². The van der Waals surface area contributed by atoms with E-state index < -0.39 is 11.7 Å². The summed E-state index contributed by atoms with van der Waals surface area (Å²) >= 11 is 0. The highest BCUT2D eigenvalue weighted by Gasteiger charge is 2.31. The van der Waals surface area contributed by atoms with Crippen LogP contribution >= 0.6 is 12.4 Å². The van der Waals surface area contributed by atoms with Crippen LogP contribution in [0, 0.1) is 5.92 Å². The average molecular weight is 294 g/mol. The van der Waals surface area contributed by atoms with Crippen molar-refractivity contribution in [3.05, 3.63) is 35.4 Å². The Morgan fingerprint density at radius 2 is 1.74 bits per heavy atom. The number of halogens is 4. The van der Waals surface area contributed by atoms with Crippen molar-refractivity contribution in [2.75, 3.05) is 0 Å². The number of hydrogen-bond donors (Lipinski definition) is 1. The Labute approximate surface area is 117 Å². The van der Waals surface area contributed by atoms with Gasteiger partial charge in [0.05, 0.1) is 5.56 Å². The summed E-state index contributed by atoms with van der Waals surface area (Å²) in [6.07, 6.45) is 1.25. The zero-order valence-corrected chi connectivity index (χ0v) is 11.4. The summed E-state index contributed by atoms with van der Waals surface area (Å²) in [5.74, 6) is 0.322. The molecule has 0 spiro atoms. The fraction of sp³-hybridized carbons (Fsp3) is 0.571. The lowest BCUT2D eigenvalue weighted by atomic mass is 9.81. The number of rotatable bonds is 2. The summed E-state index contributed by atoms with van der Waals surface area (Å²) in [5.41, 5.74) is 6.12. The first-order valence-corrected chi connectivity index (χ1v) is 6.41. The summed E-state index contributed by atoms with van der Waals surface area (Å²) in [7, 11) is 0. The first-order chi connectivity index (χ1) is 8.48. The third-order valence-electron chi connectivity index (χ3n) is 3.76. The molecule has 1 atom stereocenters. The van der Waals surface area contributed by atoms with Crippen molar-refractivity contribution >= 4 is 12.4 Å². The molecule has 0 unspecified atom stereocenters. The van der Waals surface area contributed by atoms with E-state index in [4.69, 9.17) is 5.73 Å². The first-order valence-electron chi connectivity index (χ1n) is 6.41. The van der Waals surface area contributed by atoms with Crippen molar-refractivity contribution in [3.63, 3.8) is 0 Å². The van der Waals surface area contributed by atoms with E-state index in [0.717, 1.165) is 31.7 Å². The van der Waals surface area contributed by atoms with E-state index in [-0.39, 0.29) is 18.4 Å². The normalized spacial score (nSPS) is 18.7. The van der Waals surface area contributed by atoms with E-state index in [1.54, 1.807) is 6.07 Å². The van der Waals surface area contributed by atoms with Crippen molar-refractivity contribution in [3.8, 4) is 0 Å². The second-order valence-corrected chi connectivity index (χ2v) is 5.05. The van der Waals surface area contributed by atoms with Crippen LogP contribution in [-0.2, 0) is 6.18 Å². The fourth-order valence-corrected chi connectivity index (χ4v) is 2.69. The van der Waals surface area contributed by atoms with Gasteiger partial charge in [-0.25, -0.2) is 0 Å². The molecule has 1 fully saturated rings. The summed E-state index contributed by atoms with van der Waals surface area (Å²) in [6.45, 7) is 0. The lowest BCUT2D eigenvalue weighted by molar-refractivity contribution is -0.137. The number of alkyl halides is 3. The van der Waals surface area contributed by atoms with Crippen molar-refractivity contribution in [2.45, 2.75) is 44.3 Å². The molecule has 1 aliphatic rings. The zero-order chi connectivity index (χ0) is 13.2.